The van der Waals surface area contributed by atoms with Gasteiger partial charge in [0.25, 0.3) is 5.56 Å². The van der Waals surface area contributed by atoms with Gasteiger partial charge in [0.2, 0.25) is 5.91 Å². The van der Waals surface area contributed by atoms with Crippen LogP contribution < -0.4 is 10.9 Å². The van der Waals surface area contributed by atoms with Crippen LogP contribution in [0.4, 0.5) is 0 Å². The molecule has 0 saturated heterocycles. The Hall–Kier alpha value is -1.34. The van der Waals surface area contributed by atoms with E-state index in [0.29, 0.717) is 16.8 Å². The normalized spacial score (nSPS) is 22.5. The van der Waals surface area contributed by atoms with Crippen LogP contribution in [-0.2, 0) is 24.7 Å². The highest BCUT2D eigenvalue weighted by atomic mass is 32.2. The molecular weight excluding hydrogens is 366 g/mol. The fourth-order valence-corrected chi connectivity index (χ4v) is 6.23. The van der Waals surface area contributed by atoms with E-state index < -0.39 is 0 Å². The third kappa shape index (κ3) is 3.31. The monoisotopic (exact) mass is 391 g/mol. The zero-order valence-electron chi connectivity index (χ0n) is 15.3. The van der Waals surface area contributed by atoms with Gasteiger partial charge in [0.15, 0.2) is 5.16 Å². The number of hydrogen-bond donors (Lipinski definition) is 1. The summed E-state index contributed by atoms with van der Waals surface area (Å²) < 4.78 is 1.61. The minimum absolute atomic E-state index is 0.0261. The van der Waals surface area contributed by atoms with Crippen molar-refractivity contribution in [1.29, 1.82) is 0 Å². The van der Waals surface area contributed by atoms with Gasteiger partial charge in [-0.15, -0.1) is 11.3 Å². The first kappa shape index (κ1) is 18.0. The maximum Gasteiger partial charge on any atom is 0.262 e. The van der Waals surface area contributed by atoms with E-state index in [1.807, 2.05) is 0 Å². The lowest BCUT2D eigenvalue weighted by Gasteiger charge is -2.29. The lowest BCUT2D eigenvalue weighted by Crippen LogP contribution is -2.41. The summed E-state index contributed by atoms with van der Waals surface area (Å²) in [5, 5.41) is 4.60. The van der Waals surface area contributed by atoms with Crippen molar-refractivity contribution in [3.8, 4) is 0 Å². The fraction of sp³-hybridized carbons (Fsp3) is 0.632. The Labute approximate surface area is 161 Å². The fourth-order valence-electron chi connectivity index (χ4n) is 4.14. The number of thioether (sulfide) groups is 1. The second-order valence-electron chi connectivity index (χ2n) is 7.52. The lowest BCUT2D eigenvalue weighted by molar-refractivity contribution is -0.119. The van der Waals surface area contributed by atoms with Crippen molar-refractivity contribution in [3.05, 3.63) is 20.8 Å². The van der Waals surface area contributed by atoms with Gasteiger partial charge < -0.3 is 5.32 Å². The SMILES string of the molecule is CC1CCCCC1NC(=O)CSc1nc2sc3c(c2c(=O)n1C)CCC3. The van der Waals surface area contributed by atoms with Crippen LogP contribution in [0, 0.1) is 5.92 Å². The number of fused-ring (bicyclic) bond motifs is 3. The predicted molar refractivity (Wildman–Crippen MR) is 107 cm³/mol. The zero-order valence-corrected chi connectivity index (χ0v) is 17.0. The summed E-state index contributed by atoms with van der Waals surface area (Å²) in [6.45, 7) is 2.21. The predicted octanol–water partition coefficient (Wildman–Crippen LogP) is 3.27. The Morgan fingerprint density at radius 2 is 2.12 bits per heavy atom. The van der Waals surface area contributed by atoms with Crippen molar-refractivity contribution in [1.82, 2.24) is 14.9 Å². The number of aromatic nitrogens is 2. The molecule has 2 aliphatic carbocycles. The summed E-state index contributed by atoms with van der Waals surface area (Å²) in [5.74, 6) is 0.891. The molecule has 0 aliphatic heterocycles. The smallest absolute Gasteiger partial charge is 0.262 e. The van der Waals surface area contributed by atoms with Crippen LogP contribution in [-0.4, -0.2) is 27.3 Å². The van der Waals surface area contributed by atoms with Gasteiger partial charge in [-0.2, -0.15) is 0 Å². The molecule has 2 aliphatic rings. The minimum Gasteiger partial charge on any atom is -0.352 e. The van der Waals surface area contributed by atoms with E-state index in [-0.39, 0.29) is 17.5 Å². The number of thiophene rings is 1. The molecule has 2 aromatic rings. The van der Waals surface area contributed by atoms with Crippen molar-refractivity contribution in [3.63, 3.8) is 0 Å². The Morgan fingerprint density at radius 3 is 2.92 bits per heavy atom. The number of hydrogen-bond acceptors (Lipinski definition) is 5. The molecule has 7 heteroatoms. The van der Waals surface area contributed by atoms with Crippen LogP contribution in [0.5, 0.6) is 0 Å². The van der Waals surface area contributed by atoms with Gasteiger partial charge in [-0.1, -0.05) is 31.5 Å². The molecule has 2 heterocycles. The van der Waals surface area contributed by atoms with E-state index in [1.165, 1.54) is 41.5 Å². The van der Waals surface area contributed by atoms with E-state index in [2.05, 4.69) is 12.2 Å². The molecule has 5 nitrogen and oxygen atoms in total. The molecule has 2 aromatic heterocycles. The second-order valence-corrected chi connectivity index (χ2v) is 9.55. The quantitative estimate of drug-likeness (QED) is 0.642. The lowest BCUT2D eigenvalue weighted by atomic mass is 9.86. The van der Waals surface area contributed by atoms with Gasteiger partial charge in [-0.3, -0.25) is 14.2 Å². The topological polar surface area (TPSA) is 64.0 Å². The van der Waals surface area contributed by atoms with E-state index in [9.17, 15) is 9.59 Å². The van der Waals surface area contributed by atoms with Crippen LogP contribution in [0.15, 0.2) is 9.95 Å². The molecular formula is C19H25N3O2S2. The third-order valence-electron chi connectivity index (χ3n) is 5.70. The summed E-state index contributed by atoms with van der Waals surface area (Å²) in [4.78, 5) is 32.0. The van der Waals surface area contributed by atoms with Gasteiger partial charge in [0.05, 0.1) is 11.1 Å². The summed E-state index contributed by atoms with van der Waals surface area (Å²) in [5.41, 5.74) is 1.23. The third-order valence-corrected chi connectivity index (χ3v) is 7.91. The standard InChI is InChI=1S/C19H25N3O2S2/c1-11-6-3-4-8-13(11)20-15(23)10-25-19-21-17-16(18(24)22(19)2)12-7-5-9-14(12)26-17/h11,13H,3-10H2,1-2H3,(H,20,23). The largest absolute Gasteiger partial charge is 0.352 e. The average Bonchev–Trinajstić information content (AvgIpc) is 3.19. The molecule has 1 amide bonds. The summed E-state index contributed by atoms with van der Waals surface area (Å²) >= 11 is 3.01. The molecule has 1 N–H and O–H groups in total. The number of carbonyl (C=O) groups excluding carboxylic acids is 1. The van der Waals surface area contributed by atoms with Gasteiger partial charge >= 0.3 is 0 Å². The Morgan fingerprint density at radius 1 is 1.31 bits per heavy atom. The molecule has 0 bridgehead atoms. The molecule has 140 valence electrons. The second kappa shape index (κ2) is 7.35. The maximum atomic E-state index is 12.8. The van der Waals surface area contributed by atoms with Crippen molar-refractivity contribution in [2.24, 2.45) is 13.0 Å². The van der Waals surface area contributed by atoms with Crippen LogP contribution in [0.2, 0.25) is 0 Å². The van der Waals surface area contributed by atoms with Crippen molar-refractivity contribution in [2.45, 2.75) is 63.1 Å². The molecule has 0 radical (unpaired) electrons. The van der Waals surface area contributed by atoms with Gasteiger partial charge in [0.1, 0.15) is 4.83 Å². The summed E-state index contributed by atoms with van der Waals surface area (Å²) in [6, 6.07) is 0.288. The molecule has 26 heavy (non-hydrogen) atoms. The average molecular weight is 392 g/mol. The highest BCUT2D eigenvalue weighted by Gasteiger charge is 2.24. The van der Waals surface area contributed by atoms with Gasteiger partial charge in [-0.25, -0.2) is 4.98 Å². The number of amides is 1. The highest BCUT2D eigenvalue weighted by molar-refractivity contribution is 7.99. The Bertz CT molecular complexity index is 902. The first-order valence-corrected chi connectivity index (χ1v) is 11.3. The molecule has 2 unspecified atom stereocenters. The Balaban J connectivity index is 1.48. The Kier molecular flexibility index (Phi) is 5.10. The van der Waals surface area contributed by atoms with Crippen LogP contribution >= 0.6 is 23.1 Å². The van der Waals surface area contributed by atoms with E-state index in [1.54, 1.807) is 23.0 Å². The van der Waals surface area contributed by atoms with E-state index in [4.69, 9.17) is 4.98 Å². The molecule has 0 spiro atoms. The van der Waals surface area contributed by atoms with Gasteiger partial charge in [0, 0.05) is 18.0 Å². The number of carbonyl (C=O) groups is 1. The summed E-state index contributed by atoms with van der Waals surface area (Å²) in [7, 11) is 1.76. The number of nitrogens with zero attached hydrogens (tertiary/aromatic N) is 2. The van der Waals surface area contributed by atoms with E-state index in [0.717, 1.165) is 35.9 Å². The number of rotatable bonds is 4. The van der Waals surface area contributed by atoms with Crippen molar-refractivity contribution in [2.75, 3.05) is 5.75 Å². The van der Waals surface area contributed by atoms with Gasteiger partial charge in [-0.05, 0) is 43.6 Å². The molecule has 0 aromatic carbocycles. The first-order valence-electron chi connectivity index (χ1n) is 9.48. The van der Waals surface area contributed by atoms with Crippen LogP contribution in [0.1, 0.15) is 49.5 Å². The van der Waals surface area contributed by atoms with Crippen LogP contribution in [0.3, 0.4) is 0 Å². The molecule has 1 fully saturated rings. The zero-order chi connectivity index (χ0) is 18.3. The minimum atomic E-state index is 0.0261. The van der Waals surface area contributed by atoms with Crippen molar-refractivity contribution < 1.29 is 4.79 Å². The van der Waals surface area contributed by atoms with E-state index >= 15 is 0 Å². The first-order chi connectivity index (χ1) is 12.5. The number of aryl methyl sites for hydroxylation is 2. The molecule has 1 saturated carbocycles. The molecule has 2 atom stereocenters. The molecule has 4 rings (SSSR count). The van der Waals surface area contributed by atoms with Crippen LogP contribution in [0.25, 0.3) is 10.2 Å². The number of nitrogens with one attached hydrogen (secondary N) is 1. The maximum absolute atomic E-state index is 12.8. The highest BCUT2D eigenvalue weighted by Crippen LogP contribution is 2.35. The summed E-state index contributed by atoms with van der Waals surface area (Å²) in [6.07, 6.45) is 7.90. The van der Waals surface area contributed by atoms with Crippen molar-refractivity contribution >= 4 is 39.2 Å².